The molecule has 0 aliphatic carbocycles. The number of thiazole rings is 1. The van der Waals surface area contributed by atoms with Crippen LogP contribution in [-0.4, -0.2) is 24.0 Å². The minimum absolute atomic E-state index is 0.219. The van der Waals surface area contributed by atoms with Crippen molar-refractivity contribution in [2.45, 2.75) is 26.7 Å². The van der Waals surface area contributed by atoms with Gasteiger partial charge in [-0.15, -0.1) is 11.3 Å². The molecule has 5 nitrogen and oxygen atoms in total. The Balaban J connectivity index is 2.20. The smallest absolute Gasteiger partial charge is 0.337 e. The third-order valence-electron chi connectivity index (χ3n) is 3.05. The fraction of sp³-hybridized carbons (Fsp3) is 0.312. The molecule has 6 heteroatoms. The van der Waals surface area contributed by atoms with Crippen molar-refractivity contribution in [1.82, 2.24) is 4.98 Å². The fourth-order valence-corrected chi connectivity index (χ4v) is 2.87. The third kappa shape index (κ3) is 3.51. The molecule has 1 aromatic carbocycles. The van der Waals surface area contributed by atoms with Gasteiger partial charge in [0.15, 0.2) is 0 Å². The van der Waals surface area contributed by atoms with Crippen molar-refractivity contribution >= 4 is 28.9 Å². The Bertz CT molecular complexity index is 707. The highest BCUT2D eigenvalue weighted by Gasteiger charge is 2.17. The van der Waals surface area contributed by atoms with Crippen LogP contribution >= 0.6 is 11.3 Å². The lowest BCUT2D eigenvalue weighted by molar-refractivity contribution is 0.0600. The molecule has 0 aliphatic rings. The average Bonchev–Trinajstić information content (AvgIpc) is 2.89. The molecule has 0 radical (unpaired) electrons. The number of carbonyl (C=O) groups excluding carboxylic acids is 2. The van der Waals surface area contributed by atoms with Crippen molar-refractivity contribution in [3.8, 4) is 0 Å². The first-order chi connectivity index (χ1) is 10.4. The molecule has 0 fully saturated rings. The molecule has 22 heavy (non-hydrogen) atoms. The Morgan fingerprint density at radius 1 is 1.32 bits per heavy atom. The number of methoxy groups -OCH3 is 1. The van der Waals surface area contributed by atoms with Crippen LogP contribution < -0.4 is 5.32 Å². The van der Waals surface area contributed by atoms with Crippen molar-refractivity contribution in [2.24, 2.45) is 0 Å². The predicted octanol–water partition coefficient (Wildman–Crippen LogP) is 3.61. The van der Waals surface area contributed by atoms with Gasteiger partial charge in [-0.2, -0.15) is 0 Å². The van der Waals surface area contributed by atoms with E-state index in [9.17, 15) is 9.59 Å². The molecule has 0 aliphatic heterocycles. The number of amides is 1. The largest absolute Gasteiger partial charge is 0.465 e. The van der Waals surface area contributed by atoms with Crippen molar-refractivity contribution in [1.29, 1.82) is 0 Å². The first kappa shape index (κ1) is 16.2. The van der Waals surface area contributed by atoms with Crippen LogP contribution in [0.4, 0.5) is 5.69 Å². The van der Waals surface area contributed by atoms with Crippen molar-refractivity contribution in [3.63, 3.8) is 0 Å². The van der Waals surface area contributed by atoms with Gasteiger partial charge in [-0.05, 0) is 25.1 Å². The second-order valence-electron chi connectivity index (χ2n) is 5.15. The lowest BCUT2D eigenvalue weighted by Crippen LogP contribution is -2.12. The van der Waals surface area contributed by atoms with E-state index in [4.69, 9.17) is 0 Å². The highest BCUT2D eigenvalue weighted by Crippen LogP contribution is 2.25. The maximum atomic E-state index is 12.4. The summed E-state index contributed by atoms with van der Waals surface area (Å²) in [7, 11) is 1.32. The number of anilines is 1. The lowest BCUT2D eigenvalue weighted by atomic mass is 10.2. The number of aromatic nitrogens is 1. The molecular weight excluding hydrogens is 300 g/mol. The van der Waals surface area contributed by atoms with Crippen LogP contribution in [0.25, 0.3) is 0 Å². The predicted molar refractivity (Wildman–Crippen MR) is 86.7 cm³/mol. The van der Waals surface area contributed by atoms with E-state index in [-0.39, 0.29) is 11.8 Å². The maximum Gasteiger partial charge on any atom is 0.337 e. The van der Waals surface area contributed by atoms with Crippen LogP contribution in [0.1, 0.15) is 50.5 Å². The minimum atomic E-state index is -0.438. The van der Waals surface area contributed by atoms with E-state index >= 15 is 0 Å². The Kier molecular flexibility index (Phi) is 4.92. The molecule has 0 spiro atoms. The summed E-state index contributed by atoms with van der Waals surface area (Å²) in [4.78, 5) is 28.9. The molecule has 2 aromatic rings. The number of carbonyl (C=O) groups is 2. The van der Waals surface area contributed by atoms with Gasteiger partial charge in [0.1, 0.15) is 4.88 Å². The van der Waals surface area contributed by atoms with Crippen LogP contribution in [0.15, 0.2) is 24.3 Å². The van der Waals surface area contributed by atoms with Crippen molar-refractivity contribution in [3.05, 3.63) is 45.4 Å². The van der Waals surface area contributed by atoms with E-state index in [1.54, 1.807) is 24.3 Å². The fourth-order valence-electron chi connectivity index (χ4n) is 1.90. The van der Waals surface area contributed by atoms with Gasteiger partial charge in [-0.1, -0.05) is 19.9 Å². The summed E-state index contributed by atoms with van der Waals surface area (Å²) >= 11 is 1.40. The summed E-state index contributed by atoms with van der Waals surface area (Å²) in [5.74, 6) is -0.371. The zero-order valence-electron chi connectivity index (χ0n) is 13.0. The Morgan fingerprint density at radius 2 is 2.05 bits per heavy atom. The second-order valence-corrected chi connectivity index (χ2v) is 6.18. The zero-order valence-corrected chi connectivity index (χ0v) is 13.8. The number of hydrogen-bond acceptors (Lipinski definition) is 5. The van der Waals surface area contributed by atoms with Gasteiger partial charge >= 0.3 is 5.97 Å². The standard InChI is InChI=1S/C16H18N2O3S/c1-9(2)15-17-10(3)13(22-15)14(19)18-12-7-5-6-11(8-12)16(20)21-4/h5-9H,1-4H3,(H,18,19). The minimum Gasteiger partial charge on any atom is -0.465 e. The number of aryl methyl sites for hydroxylation is 1. The molecule has 0 unspecified atom stereocenters. The molecule has 1 amide bonds. The van der Waals surface area contributed by atoms with Crippen LogP contribution in [0.2, 0.25) is 0 Å². The maximum absolute atomic E-state index is 12.4. The molecule has 2 rings (SSSR count). The summed E-state index contributed by atoms with van der Waals surface area (Å²) in [5.41, 5.74) is 1.66. The quantitative estimate of drug-likeness (QED) is 0.874. The van der Waals surface area contributed by atoms with Crippen LogP contribution in [0, 0.1) is 6.92 Å². The molecule has 0 saturated heterocycles. The Hall–Kier alpha value is -2.21. The molecule has 0 saturated carbocycles. The van der Waals surface area contributed by atoms with Gasteiger partial charge in [-0.3, -0.25) is 4.79 Å². The number of rotatable bonds is 4. The first-order valence-electron chi connectivity index (χ1n) is 6.89. The summed E-state index contributed by atoms with van der Waals surface area (Å²) < 4.78 is 4.67. The van der Waals surface area contributed by atoms with E-state index in [1.165, 1.54) is 18.4 Å². The van der Waals surface area contributed by atoms with Gasteiger partial charge in [0.2, 0.25) is 0 Å². The molecule has 0 atom stereocenters. The van der Waals surface area contributed by atoms with Crippen LogP contribution in [0.5, 0.6) is 0 Å². The first-order valence-corrected chi connectivity index (χ1v) is 7.71. The SMILES string of the molecule is COC(=O)c1cccc(NC(=O)c2sc(C(C)C)nc2C)c1. The highest BCUT2D eigenvalue weighted by molar-refractivity contribution is 7.14. The average molecular weight is 318 g/mol. The zero-order chi connectivity index (χ0) is 16.3. The van der Waals surface area contributed by atoms with Crippen LogP contribution in [-0.2, 0) is 4.74 Å². The number of nitrogens with zero attached hydrogens (tertiary/aromatic N) is 1. The number of ether oxygens (including phenoxy) is 1. The van der Waals surface area contributed by atoms with E-state index in [1.807, 2.05) is 20.8 Å². The summed E-state index contributed by atoms with van der Waals surface area (Å²) in [6.07, 6.45) is 0. The van der Waals surface area contributed by atoms with Gasteiger partial charge in [-0.25, -0.2) is 9.78 Å². The number of nitrogens with one attached hydrogen (secondary N) is 1. The van der Waals surface area contributed by atoms with E-state index in [0.717, 1.165) is 10.7 Å². The van der Waals surface area contributed by atoms with Gasteiger partial charge in [0, 0.05) is 11.6 Å². The topological polar surface area (TPSA) is 68.3 Å². The molecule has 1 heterocycles. The van der Waals surface area contributed by atoms with Gasteiger partial charge < -0.3 is 10.1 Å². The summed E-state index contributed by atoms with van der Waals surface area (Å²) in [6.45, 7) is 5.90. The second kappa shape index (κ2) is 6.70. The normalized spacial score (nSPS) is 10.6. The molecule has 1 aromatic heterocycles. The van der Waals surface area contributed by atoms with Gasteiger partial charge in [0.05, 0.1) is 23.4 Å². The summed E-state index contributed by atoms with van der Waals surface area (Å²) in [6, 6.07) is 6.64. The van der Waals surface area contributed by atoms with E-state index < -0.39 is 5.97 Å². The third-order valence-corrected chi connectivity index (χ3v) is 4.51. The van der Waals surface area contributed by atoms with Gasteiger partial charge in [0.25, 0.3) is 5.91 Å². The van der Waals surface area contributed by atoms with Crippen LogP contribution in [0.3, 0.4) is 0 Å². The highest BCUT2D eigenvalue weighted by atomic mass is 32.1. The van der Waals surface area contributed by atoms with E-state index in [2.05, 4.69) is 15.0 Å². The van der Waals surface area contributed by atoms with E-state index in [0.29, 0.717) is 16.1 Å². The number of hydrogen-bond donors (Lipinski definition) is 1. The molecule has 0 bridgehead atoms. The monoisotopic (exact) mass is 318 g/mol. The Labute approximate surface area is 133 Å². The summed E-state index contributed by atoms with van der Waals surface area (Å²) in [5, 5.41) is 3.73. The van der Waals surface area contributed by atoms with Crippen molar-refractivity contribution in [2.75, 3.05) is 12.4 Å². The lowest BCUT2D eigenvalue weighted by Gasteiger charge is -2.06. The molecule has 116 valence electrons. The number of esters is 1. The Morgan fingerprint density at radius 3 is 2.64 bits per heavy atom. The molecular formula is C16H18N2O3S. The molecule has 1 N–H and O–H groups in total. The number of benzene rings is 1. The van der Waals surface area contributed by atoms with Crippen molar-refractivity contribution < 1.29 is 14.3 Å².